The number of rotatable bonds is 2. The molecular formula is C13H11N3O2. The molecule has 3 rings (SSSR count). The predicted octanol–water partition coefficient (Wildman–Crippen LogP) is 2.35. The summed E-state index contributed by atoms with van der Waals surface area (Å²) in [6.45, 7) is 2.00. The normalized spacial score (nSPS) is 10.7. The van der Waals surface area contributed by atoms with Crippen molar-refractivity contribution < 1.29 is 4.74 Å². The summed E-state index contributed by atoms with van der Waals surface area (Å²) in [5.41, 5.74) is 2.00. The van der Waals surface area contributed by atoms with Crippen molar-refractivity contribution in [2.75, 3.05) is 0 Å². The summed E-state index contributed by atoms with van der Waals surface area (Å²) in [6.07, 6.45) is 1.58. The second-order valence-electron chi connectivity index (χ2n) is 4.06. The van der Waals surface area contributed by atoms with Crippen LogP contribution in [0.15, 0.2) is 41.3 Å². The van der Waals surface area contributed by atoms with Gasteiger partial charge < -0.3 is 9.72 Å². The zero-order chi connectivity index (χ0) is 12.5. The van der Waals surface area contributed by atoms with Crippen LogP contribution in [0.2, 0.25) is 0 Å². The SMILES string of the molecule is Cc1cccc(Oc2cnc3[nH]c(=O)[nH]c3c2)c1. The van der Waals surface area contributed by atoms with E-state index < -0.39 is 0 Å². The first-order chi connectivity index (χ1) is 8.70. The van der Waals surface area contributed by atoms with Gasteiger partial charge in [-0.15, -0.1) is 0 Å². The van der Waals surface area contributed by atoms with Crippen LogP contribution in [0.4, 0.5) is 0 Å². The summed E-state index contributed by atoms with van der Waals surface area (Å²) < 4.78 is 5.68. The van der Waals surface area contributed by atoms with E-state index in [4.69, 9.17) is 4.74 Å². The lowest BCUT2D eigenvalue weighted by Gasteiger charge is -2.05. The number of hydrogen-bond donors (Lipinski definition) is 2. The molecular weight excluding hydrogens is 230 g/mol. The standard InChI is InChI=1S/C13H11N3O2/c1-8-3-2-4-9(5-8)18-10-6-11-12(14-7-10)16-13(17)15-11/h2-7H,1H3,(H2,14,15,16,17). The Kier molecular flexibility index (Phi) is 2.37. The van der Waals surface area contributed by atoms with Gasteiger partial charge in [-0.05, 0) is 24.6 Å². The highest BCUT2D eigenvalue weighted by atomic mass is 16.5. The Hall–Kier alpha value is -2.56. The molecule has 5 nitrogen and oxygen atoms in total. The average Bonchev–Trinajstić information content (AvgIpc) is 2.68. The molecule has 3 aromatic rings. The van der Waals surface area contributed by atoms with E-state index in [0.29, 0.717) is 16.9 Å². The molecule has 0 unspecified atom stereocenters. The summed E-state index contributed by atoms with van der Waals surface area (Å²) in [7, 11) is 0. The van der Waals surface area contributed by atoms with Crippen LogP contribution in [-0.4, -0.2) is 15.0 Å². The smallest absolute Gasteiger partial charge is 0.325 e. The topological polar surface area (TPSA) is 70.8 Å². The molecule has 2 N–H and O–H groups in total. The third kappa shape index (κ3) is 1.98. The van der Waals surface area contributed by atoms with Crippen LogP contribution >= 0.6 is 0 Å². The summed E-state index contributed by atoms with van der Waals surface area (Å²) in [5.74, 6) is 1.33. The Labute approximate surface area is 102 Å². The molecule has 0 bridgehead atoms. The molecule has 90 valence electrons. The van der Waals surface area contributed by atoms with Gasteiger partial charge in [0, 0.05) is 6.07 Å². The number of aryl methyl sites for hydroxylation is 1. The van der Waals surface area contributed by atoms with Gasteiger partial charge in [-0.25, -0.2) is 9.78 Å². The van der Waals surface area contributed by atoms with Crippen LogP contribution in [-0.2, 0) is 0 Å². The van der Waals surface area contributed by atoms with Crippen molar-refractivity contribution >= 4 is 11.2 Å². The van der Waals surface area contributed by atoms with E-state index in [9.17, 15) is 4.79 Å². The number of aromatic nitrogens is 3. The number of H-pyrrole nitrogens is 2. The van der Waals surface area contributed by atoms with Crippen LogP contribution in [0.1, 0.15) is 5.56 Å². The molecule has 0 spiro atoms. The molecule has 0 aliphatic rings. The van der Waals surface area contributed by atoms with Gasteiger partial charge >= 0.3 is 5.69 Å². The van der Waals surface area contributed by atoms with Crippen LogP contribution < -0.4 is 10.4 Å². The van der Waals surface area contributed by atoms with Crippen LogP contribution in [0.25, 0.3) is 11.2 Å². The monoisotopic (exact) mass is 241 g/mol. The highest BCUT2D eigenvalue weighted by Gasteiger charge is 2.03. The summed E-state index contributed by atoms with van der Waals surface area (Å²) in [5, 5.41) is 0. The van der Waals surface area contributed by atoms with E-state index in [1.807, 2.05) is 31.2 Å². The molecule has 18 heavy (non-hydrogen) atoms. The second kappa shape index (κ2) is 4.03. The van der Waals surface area contributed by atoms with Crippen molar-refractivity contribution in [1.29, 1.82) is 0 Å². The molecule has 2 heterocycles. The number of imidazole rings is 1. The maximum atomic E-state index is 11.1. The molecule has 0 aliphatic carbocycles. The van der Waals surface area contributed by atoms with E-state index in [1.165, 1.54) is 0 Å². The molecule has 0 fully saturated rings. The van der Waals surface area contributed by atoms with Crippen molar-refractivity contribution in [3.8, 4) is 11.5 Å². The summed E-state index contributed by atoms with van der Waals surface area (Å²) in [6, 6.07) is 9.47. The van der Waals surface area contributed by atoms with Gasteiger partial charge in [0.1, 0.15) is 11.5 Å². The lowest BCUT2D eigenvalue weighted by Crippen LogP contribution is -1.99. The van der Waals surface area contributed by atoms with Crippen molar-refractivity contribution in [1.82, 2.24) is 15.0 Å². The third-order valence-electron chi connectivity index (χ3n) is 2.57. The Bertz CT molecular complexity index is 758. The summed E-state index contributed by atoms with van der Waals surface area (Å²) >= 11 is 0. The number of nitrogens with one attached hydrogen (secondary N) is 2. The Balaban J connectivity index is 1.97. The predicted molar refractivity (Wildman–Crippen MR) is 68.0 cm³/mol. The fourth-order valence-corrected chi connectivity index (χ4v) is 1.77. The van der Waals surface area contributed by atoms with Crippen molar-refractivity contribution in [3.05, 3.63) is 52.6 Å². The van der Waals surface area contributed by atoms with E-state index >= 15 is 0 Å². The van der Waals surface area contributed by atoms with Gasteiger partial charge in [-0.1, -0.05) is 12.1 Å². The third-order valence-corrected chi connectivity index (χ3v) is 2.57. The van der Waals surface area contributed by atoms with Gasteiger partial charge in [0.25, 0.3) is 0 Å². The fraction of sp³-hybridized carbons (Fsp3) is 0.0769. The van der Waals surface area contributed by atoms with Gasteiger partial charge in [-0.2, -0.15) is 0 Å². The summed E-state index contributed by atoms with van der Waals surface area (Å²) in [4.78, 5) is 20.4. The fourth-order valence-electron chi connectivity index (χ4n) is 1.77. The number of aromatic amines is 2. The quantitative estimate of drug-likeness (QED) is 0.723. The molecule has 0 amide bonds. The van der Waals surface area contributed by atoms with Crippen molar-refractivity contribution in [3.63, 3.8) is 0 Å². The molecule has 0 saturated carbocycles. The van der Waals surface area contributed by atoms with Crippen LogP contribution in [0.5, 0.6) is 11.5 Å². The van der Waals surface area contributed by atoms with E-state index in [-0.39, 0.29) is 5.69 Å². The lowest BCUT2D eigenvalue weighted by molar-refractivity contribution is 0.481. The first-order valence-corrected chi connectivity index (χ1v) is 5.53. The number of benzene rings is 1. The number of nitrogens with zero attached hydrogens (tertiary/aromatic N) is 1. The maximum absolute atomic E-state index is 11.1. The van der Waals surface area contributed by atoms with Gasteiger partial charge in [0.15, 0.2) is 5.65 Å². The van der Waals surface area contributed by atoms with E-state index in [1.54, 1.807) is 12.3 Å². The average molecular weight is 241 g/mol. The van der Waals surface area contributed by atoms with E-state index in [0.717, 1.165) is 11.3 Å². The molecule has 2 aromatic heterocycles. The van der Waals surface area contributed by atoms with Crippen molar-refractivity contribution in [2.45, 2.75) is 6.92 Å². The first-order valence-electron chi connectivity index (χ1n) is 5.53. The second-order valence-corrected chi connectivity index (χ2v) is 4.06. The maximum Gasteiger partial charge on any atom is 0.325 e. The number of pyridine rings is 1. The molecule has 0 aliphatic heterocycles. The minimum Gasteiger partial charge on any atom is -0.456 e. The Morgan fingerprint density at radius 1 is 1.17 bits per heavy atom. The highest BCUT2D eigenvalue weighted by molar-refractivity contribution is 5.71. The number of hydrogen-bond acceptors (Lipinski definition) is 3. The number of ether oxygens (including phenoxy) is 1. The van der Waals surface area contributed by atoms with Crippen LogP contribution in [0, 0.1) is 6.92 Å². The molecule has 0 radical (unpaired) electrons. The number of fused-ring (bicyclic) bond motifs is 1. The first kappa shape index (κ1) is 10.6. The zero-order valence-corrected chi connectivity index (χ0v) is 9.73. The van der Waals surface area contributed by atoms with Gasteiger partial charge in [-0.3, -0.25) is 4.98 Å². The van der Waals surface area contributed by atoms with E-state index in [2.05, 4.69) is 15.0 Å². The van der Waals surface area contributed by atoms with Crippen LogP contribution in [0.3, 0.4) is 0 Å². The molecule has 0 saturated heterocycles. The lowest BCUT2D eigenvalue weighted by atomic mass is 10.2. The molecule has 0 atom stereocenters. The van der Waals surface area contributed by atoms with Gasteiger partial charge in [0.2, 0.25) is 0 Å². The van der Waals surface area contributed by atoms with Gasteiger partial charge in [0.05, 0.1) is 11.7 Å². The minimum absolute atomic E-state index is 0.273. The molecule has 5 heteroatoms. The largest absolute Gasteiger partial charge is 0.456 e. The highest BCUT2D eigenvalue weighted by Crippen LogP contribution is 2.22. The molecule has 1 aromatic carbocycles. The zero-order valence-electron chi connectivity index (χ0n) is 9.73. The minimum atomic E-state index is -0.273. The Morgan fingerprint density at radius 2 is 2.06 bits per heavy atom. The Morgan fingerprint density at radius 3 is 2.89 bits per heavy atom. The van der Waals surface area contributed by atoms with Crippen molar-refractivity contribution in [2.24, 2.45) is 0 Å².